The molecule has 2 aromatic heterocycles. The summed E-state index contributed by atoms with van der Waals surface area (Å²) >= 11 is 0. The van der Waals surface area contributed by atoms with E-state index in [4.69, 9.17) is 10.3 Å². The highest BCUT2D eigenvalue weighted by Crippen LogP contribution is 2.27. The third kappa shape index (κ3) is 3.59. The number of carbonyl (C=O) groups excluding carboxylic acids is 1. The second kappa shape index (κ2) is 7.40. The van der Waals surface area contributed by atoms with Gasteiger partial charge in [-0.3, -0.25) is 4.79 Å². The first-order valence-electron chi connectivity index (χ1n) is 9.08. The lowest BCUT2D eigenvalue weighted by Crippen LogP contribution is -2.30. The summed E-state index contributed by atoms with van der Waals surface area (Å²) in [6.45, 7) is 2.51. The van der Waals surface area contributed by atoms with Gasteiger partial charge in [-0.25, -0.2) is 9.97 Å². The van der Waals surface area contributed by atoms with Crippen LogP contribution in [-0.4, -0.2) is 50.2 Å². The fourth-order valence-corrected chi connectivity index (χ4v) is 3.53. The van der Waals surface area contributed by atoms with Crippen molar-refractivity contribution in [3.8, 4) is 11.3 Å². The second-order valence-electron chi connectivity index (χ2n) is 7.03. The smallest absolute Gasteiger partial charge is 0.257 e. The minimum absolute atomic E-state index is 0.107. The predicted molar refractivity (Wildman–Crippen MR) is 102 cm³/mol. The fourth-order valence-electron chi connectivity index (χ4n) is 3.53. The van der Waals surface area contributed by atoms with Crippen molar-refractivity contribution in [2.75, 3.05) is 18.8 Å². The van der Waals surface area contributed by atoms with Crippen LogP contribution in [0.5, 0.6) is 0 Å². The molecule has 0 aliphatic carbocycles. The number of amides is 1. The number of aliphatic hydroxyl groups is 1. The molecule has 8 heteroatoms. The Hall–Kier alpha value is -3.26. The SMILES string of the molecule is Cc1cc(C[C@@H]2CN(C(=O)c3cnc(N)nc3-c3ccccc3)C[C@H]2O)on1. The van der Waals surface area contributed by atoms with Crippen LogP contribution in [0.25, 0.3) is 11.3 Å². The Morgan fingerprint density at radius 2 is 2.11 bits per heavy atom. The Balaban J connectivity index is 1.57. The molecule has 3 N–H and O–H groups in total. The lowest BCUT2D eigenvalue weighted by Gasteiger charge is -2.17. The van der Waals surface area contributed by atoms with Crippen LogP contribution in [0.4, 0.5) is 5.95 Å². The number of anilines is 1. The molecule has 1 fully saturated rings. The van der Waals surface area contributed by atoms with Gasteiger partial charge < -0.3 is 20.3 Å². The van der Waals surface area contributed by atoms with Gasteiger partial charge in [-0.1, -0.05) is 35.5 Å². The van der Waals surface area contributed by atoms with Crippen molar-refractivity contribution in [3.05, 3.63) is 59.6 Å². The van der Waals surface area contributed by atoms with Gasteiger partial charge in [0, 0.05) is 43.3 Å². The molecule has 144 valence electrons. The lowest BCUT2D eigenvalue weighted by atomic mass is 10.0. The van der Waals surface area contributed by atoms with Crippen LogP contribution in [0.3, 0.4) is 0 Å². The van der Waals surface area contributed by atoms with Gasteiger partial charge in [-0.2, -0.15) is 0 Å². The molecule has 1 aliphatic heterocycles. The summed E-state index contributed by atoms with van der Waals surface area (Å²) in [6.07, 6.45) is 1.34. The summed E-state index contributed by atoms with van der Waals surface area (Å²) in [6, 6.07) is 11.2. The molecule has 8 nitrogen and oxygen atoms in total. The zero-order chi connectivity index (χ0) is 19.7. The van der Waals surface area contributed by atoms with E-state index in [-0.39, 0.29) is 24.3 Å². The number of nitrogens with zero attached hydrogens (tertiary/aromatic N) is 4. The summed E-state index contributed by atoms with van der Waals surface area (Å²) in [5.74, 6) is 0.465. The molecule has 0 unspecified atom stereocenters. The maximum absolute atomic E-state index is 13.2. The summed E-state index contributed by atoms with van der Waals surface area (Å²) in [5.41, 5.74) is 8.18. The average molecular weight is 379 g/mol. The van der Waals surface area contributed by atoms with Gasteiger partial charge >= 0.3 is 0 Å². The number of hydrogen-bond donors (Lipinski definition) is 2. The molecule has 0 saturated carbocycles. The van der Waals surface area contributed by atoms with Gasteiger partial charge in [0.1, 0.15) is 5.76 Å². The number of benzene rings is 1. The van der Waals surface area contributed by atoms with Gasteiger partial charge in [0.25, 0.3) is 5.91 Å². The zero-order valence-electron chi connectivity index (χ0n) is 15.4. The molecule has 3 aromatic rings. The lowest BCUT2D eigenvalue weighted by molar-refractivity contribution is 0.0764. The maximum atomic E-state index is 13.2. The summed E-state index contributed by atoms with van der Waals surface area (Å²) in [7, 11) is 0. The number of rotatable bonds is 4. The van der Waals surface area contributed by atoms with Crippen LogP contribution >= 0.6 is 0 Å². The average Bonchev–Trinajstić information content (AvgIpc) is 3.27. The molecule has 0 radical (unpaired) electrons. The van der Waals surface area contributed by atoms with E-state index in [0.29, 0.717) is 30.0 Å². The third-order valence-corrected chi connectivity index (χ3v) is 4.92. The van der Waals surface area contributed by atoms with E-state index in [1.807, 2.05) is 43.3 Å². The first-order chi connectivity index (χ1) is 13.5. The first kappa shape index (κ1) is 18.1. The monoisotopic (exact) mass is 379 g/mol. The third-order valence-electron chi connectivity index (χ3n) is 4.92. The van der Waals surface area contributed by atoms with Crippen molar-refractivity contribution >= 4 is 11.9 Å². The Kier molecular flexibility index (Phi) is 4.79. The highest BCUT2D eigenvalue weighted by atomic mass is 16.5. The van der Waals surface area contributed by atoms with Crippen LogP contribution < -0.4 is 5.73 Å². The van der Waals surface area contributed by atoms with Crippen LogP contribution in [-0.2, 0) is 6.42 Å². The van der Waals surface area contributed by atoms with E-state index >= 15 is 0 Å². The summed E-state index contributed by atoms with van der Waals surface area (Å²) in [5, 5.41) is 14.3. The number of aryl methyl sites for hydroxylation is 1. The van der Waals surface area contributed by atoms with Crippen molar-refractivity contribution in [2.24, 2.45) is 5.92 Å². The number of likely N-dealkylation sites (tertiary alicyclic amines) is 1. The van der Waals surface area contributed by atoms with Crippen molar-refractivity contribution in [3.63, 3.8) is 0 Å². The molecular formula is C20H21N5O3. The van der Waals surface area contributed by atoms with E-state index in [0.717, 1.165) is 11.3 Å². The number of aliphatic hydroxyl groups excluding tert-OH is 1. The molecule has 0 spiro atoms. The Bertz CT molecular complexity index is 989. The van der Waals surface area contributed by atoms with Crippen molar-refractivity contribution in [2.45, 2.75) is 19.4 Å². The number of aromatic nitrogens is 3. The normalized spacial score (nSPS) is 19.1. The van der Waals surface area contributed by atoms with Gasteiger partial charge in [-0.15, -0.1) is 0 Å². The molecule has 1 amide bonds. The molecule has 0 bridgehead atoms. The standard InChI is InChI=1S/C20H21N5O3/c1-12-7-15(28-24-12)8-14-10-25(11-17(14)26)19(27)16-9-22-20(21)23-18(16)13-5-3-2-4-6-13/h2-7,9,14,17,26H,8,10-11H2,1H3,(H2,21,22,23)/t14-,17-/m1/s1. The van der Waals surface area contributed by atoms with Crippen LogP contribution in [0, 0.1) is 12.8 Å². The van der Waals surface area contributed by atoms with Gasteiger partial charge in [-0.05, 0) is 6.92 Å². The minimum atomic E-state index is -0.635. The predicted octanol–water partition coefficient (Wildman–Crippen LogP) is 1.70. The number of nitrogens with two attached hydrogens (primary N) is 1. The number of β-amino-alcohol motifs (C(OH)–C–C–N with tert-alkyl or cyclic N) is 1. The molecule has 2 atom stereocenters. The summed E-state index contributed by atoms with van der Waals surface area (Å²) < 4.78 is 5.25. The number of nitrogen functional groups attached to an aromatic ring is 1. The second-order valence-corrected chi connectivity index (χ2v) is 7.03. The van der Waals surface area contributed by atoms with E-state index in [1.165, 1.54) is 6.20 Å². The van der Waals surface area contributed by atoms with E-state index in [1.54, 1.807) is 4.90 Å². The molecule has 4 rings (SSSR count). The van der Waals surface area contributed by atoms with E-state index in [2.05, 4.69) is 15.1 Å². The first-order valence-corrected chi connectivity index (χ1v) is 9.08. The van der Waals surface area contributed by atoms with Crippen LogP contribution in [0.15, 0.2) is 47.1 Å². The Morgan fingerprint density at radius 3 is 2.82 bits per heavy atom. The quantitative estimate of drug-likeness (QED) is 0.708. The zero-order valence-corrected chi connectivity index (χ0v) is 15.4. The van der Waals surface area contributed by atoms with Gasteiger partial charge in [0.05, 0.1) is 23.1 Å². The van der Waals surface area contributed by atoms with Crippen molar-refractivity contribution in [1.82, 2.24) is 20.0 Å². The van der Waals surface area contributed by atoms with Crippen molar-refractivity contribution in [1.29, 1.82) is 0 Å². The minimum Gasteiger partial charge on any atom is -0.391 e. The highest BCUT2D eigenvalue weighted by molar-refractivity contribution is 6.00. The molecule has 1 saturated heterocycles. The van der Waals surface area contributed by atoms with E-state index < -0.39 is 6.10 Å². The number of carbonyl (C=O) groups is 1. The van der Waals surface area contributed by atoms with Gasteiger partial charge in [0.15, 0.2) is 0 Å². The Morgan fingerprint density at radius 1 is 1.32 bits per heavy atom. The largest absolute Gasteiger partial charge is 0.391 e. The van der Waals surface area contributed by atoms with Crippen molar-refractivity contribution < 1.29 is 14.4 Å². The molecule has 1 aromatic carbocycles. The fraction of sp³-hybridized carbons (Fsp3) is 0.300. The van der Waals surface area contributed by atoms with Gasteiger partial charge in [0.2, 0.25) is 5.95 Å². The maximum Gasteiger partial charge on any atom is 0.257 e. The topological polar surface area (TPSA) is 118 Å². The number of hydrogen-bond acceptors (Lipinski definition) is 7. The van der Waals surface area contributed by atoms with E-state index in [9.17, 15) is 9.90 Å². The molecular weight excluding hydrogens is 358 g/mol. The van der Waals surface area contributed by atoms with Crippen LogP contribution in [0.2, 0.25) is 0 Å². The molecule has 3 heterocycles. The molecule has 1 aliphatic rings. The van der Waals surface area contributed by atoms with Crippen LogP contribution in [0.1, 0.15) is 21.8 Å². The summed E-state index contributed by atoms with van der Waals surface area (Å²) in [4.78, 5) is 23.1. The highest BCUT2D eigenvalue weighted by Gasteiger charge is 2.36. The Labute approximate surface area is 162 Å². The molecule has 28 heavy (non-hydrogen) atoms.